The lowest BCUT2D eigenvalue weighted by molar-refractivity contribution is -0.137. The summed E-state index contributed by atoms with van der Waals surface area (Å²) in [6, 6.07) is 5.91. The number of nitrogens with one attached hydrogen (secondary N) is 4. The Hall–Kier alpha value is -5.47. The van der Waals surface area contributed by atoms with Gasteiger partial charge < -0.3 is 45.4 Å². The molecule has 5 amide bonds. The number of carbonyl (C=O) groups excluding carboxylic acids is 5. The van der Waals surface area contributed by atoms with Gasteiger partial charge >= 0.3 is 6.18 Å². The van der Waals surface area contributed by atoms with Crippen LogP contribution in [0.4, 0.5) is 19.0 Å². The van der Waals surface area contributed by atoms with Crippen LogP contribution >= 0.6 is 0 Å². The standard InChI is InChI=1S/C53H73F3N10O7/c1-32(2)64(3)37-14-20-45(66-24-21-43(52(66)71)62-49-40-27-35(53(54,55)56)11-19-42(40)59-31-60-49)44(28-37)63-50(69)33-9-12-36(13-10-33)61-46(67)8-6-25-72-38-15-17-39(18-16-38)73-26-23-58-51(70)41-29-47(68)65(4)48(41)34-7-5-22-57-30-34/h5,7,11,19,22,27,30-33,36-39,41,43-45,48H,6,8-10,12-18,20-21,23-26,28-29H2,1-4H3,(H,58,70)(H,61,67)(H,63,69)(H,59,60,62)/t33-,36+,37-,38-,39-,41+,43+,44-,45+,48-/m1/s1. The maximum absolute atomic E-state index is 14.1. The van der Waals surface area contributed by atoms with Crippen molar-refractivity contribution in [2.24, 2.45) is 11.8 Å². The molecule has 2 saturated heterocycles. The molecule has 398 valence electrons. The second-order valence-electron chi connectivity index (χ2n) is 21.1. The molecular formula is C53H73F3N10O7. The number of ether oxygens (including phenoxy) is 2. The molecule has 4 heterocycles. The summed E-state index contributed by atoms with van der Waals surface area (Å²) in [4.78, 5) is 85.0. The van der Waals surface area contributed by atoms with E-state index >= 15 is 0 Å². The summed E-state index contributed by atoms with van der Waals surface area (Å²) in [7, 11) is 3.81. The third-order valence-corrected chi connectivity index (χ3v) is 16.1. The molecule has 0 unspecified atom stereocenters. The van der Waals surface area contributed by atoms with Crippen LogP contribution in [0.15, 0.2) is 49.1 Å². The Morgan fingerprint density at radius 2 is 1.63 bits per heavy atom. The van der Waals surface area contributed by atoms with Crippen molar-refractivity contribution in [2.45, 2.75) is 171 Å². The first-order valence-corrected chi connectivity index (χ1v) is 26.4. The van der Waals surface area contributed by atoms with E-state index in [0.717, 1.165) is 49.8 Å². The van der Waals surface area contributed by atoms with Gasteiger partial charge in [-0.3, -0.25) is 29.0 Å². The van der Waals surface area contributed by atoms with Gasteiger partial charge in [0.1, 0.15) is 18.2 Å². The fourth-order valence-electron chi connectivity index (χ4n) is 11.7. The molecule has 5 fully saturated rings. The fraction of sp³-hybridized carbons (Fsp3) is 0.660. The zero-order valence-corrected chi connectivity index (χ0v) is 42.6. The number of hydrogen-bond acceptors (Lipinski definition) is 12. The monoisotopic (exact) mass is 1020 g/mol. The average Bonchev–Trinajstić information content (AvgIpc) is 3.90. The highest BCUT2D eigenvalue weighted by Crippen LogP contribution is 2.38. The minimum absolute atomic E-state index is 0.0105. The smallest absolute Gasteiger partial charge is 0.378 e. The molecule has 2 aromatic heterocycles. The van der Waals surface area contributed by atoms with Crippen molar-refractivity contribution in [1.29, 1.82) is 0 Å². The van der Waals surface area contributed by atoms with Crippen LogP contribution < -0.4 is 21.3 Å². The van der Waals surface area contributed by atoms with Gasteiger partial charge in [-0.25, -0.2) is 9.97 Å². The number of halogens is 3. The highest BCUT2D eigenvalue weighted by molar-refractivity contribution is 5.93. The number of amides is 5. The lowest BCUT2D eigenvalue weighted by atomic mass is 9.82. The van der Waals surface area contributed by atoms with Gasteiger partial charge in [-0.05, 0) is 134 Å². The Balaban J connectivity index is 0.724. The molecule has 3 aromatic rings. The van der Waals surface area contributed by atoms with E-state index in [-0.39, 0.29) is 95.5 Å². The number of pyridine rings is 1. The second-order valence-corrected chi connectivity index (χ2v) is 21.1. The molecule has 73 heavy (non-hydrogen) atoms. The number of aromatic nitrogens is 3. The van der Waals surface area contributed by atoms with Crippen LogP contribution in [0.2, 0.25) is 0 Å². The number of anilines is 1. The molecule has 4 N–H and O–H groups in total. The summed E-state index contributed by atoms with van der Waals surface area (Å²) in [5.74, 6) is -0.981. The van der Waals surface area contributed by atoms with Crippen molar-refractivity contribution in [1.82, 2.24) is 45.6 Å². The normalized spacial score (nSPS) is 28.0. The summed E-state index contributed by atoms with van der Waals surface area (Å²) in [6.07, 6.45) is 10.2. The van der Waals surface area contributed by atoms with Crippen LogP contribution in [-0.4, -0.2) is 148 Å². The summed E-state index contributed by atoms with van der Waals surface area (Å²) in [5.41, 5.74) is 0.355. The van der Waals surface area contributed by atoms with Gasteiger partial charge in [0.2, 0.25) is 29.5 Å². The van der Waals surface area contributed by atoms with E-state index in [1.165, 1.54) is 12.4 Å². The molecule has 20 heteroatoms. The molecular weight excluding hydrogens is 946 g/mol. The van der Waals surface area contributed by atoms with Crippen molar-refractivity contribution in [3.63, 3.8) is 0 Å². The molecule has 1 aromatic carbocycles. The van der Waals surface area contributed by atoms with Gasteiger partial charge in [-0.15, -0.1) is 0 Å². The van der Waals surface area contributed by atoms with Crippen molar-refractivity contribution >= 4 is 46.3 Å². The van der Waals surface area contributed by atoms with Crippen LogP contribution in [0.1, 0.15) is 127 Å². The molecule has 3 aliphatic carbocycles. The van der Waals surface area contributed by atoms with Gasteiger partial charge in [-0.2, -0.15) is 13.2 Å². The zero-order valence-electron chi connectivity index (χ0n) is 42.6. The van der Waals surface area contributed by atoms with Crippen LogP contribution in [0.25, 0.3) is 10.9 Å². The predicted molar refractivity (Wildman–Crippen MR) is 266 cm³/mol. The van der Waals surface area contributed by atoms with E-state index in [1.807, 2.05) is 11.0 Å². The summed E-state index contributed by atoms with van der Waals surface area (Å²) in [6.45, 7) is 5.96. The third-order valence-electron chi connectivity index (χ3n) is 16.1. The third kappa shape index (κ3) is 13.4. The molecule has 17 nitrogen and oxygen atoms in total. The minimum Gasteiger partial charge on any atom is -0.378 e. The maximum atomic E-state index is 14.1. The first-order valence-electron chi connectivity index (χ1n) is 26.4. The number of rotatable bonds is 19. The topological polar surface area (TPSA) is 200 Å². The molecule has 6 atom stereocenters. The molecule has 0 spiro atoms. The Morgan fingerprint density at radius 1 is 0.890 bits per heavy atom. The molecule has 0 radical (unpaired) electrons. The number of benzene rings is 1. The van der Waals surface area contributed by atoms with Crippen molar-refractivity contribution < 1.29 is 46.6 Å². The fourth-order valence-corrected chi connectivity index (χ4v) is 11.7. The van der Waals surface area contributed by atoms with E-state index in [1.54, 1.807) is 30.4 Å². The molecule has 8 rings (SSSR count). The van der Waals surface area contributed by atoms with E-state index in [0.29, 0.717) is 95.6 Å². The van der Waals surface area contributed by atoms with Gasteiger partial charge in [0.25, 0.3) is 0 Å². The highest BCUT2D eigenvalue weighted by Gasteiger charge is 2.45. The molecule has 5 aliphatic rings. The summed E-state index contributed by atoms with van der Waals surface area (Å²) < 4.78 is 53.1. The van der Waals surface area contributed by atoms with Crippen molar-refractivity contribution in [2.75, 3.05) is 45.7 Å². The number of fused-ring (bicyclic) bond motifs is 1. The van der Waals surface area contributed by atoms with Gasteiger partial charge in [-0.1, -0.05) is 6.07 Å². The largest absolute Gasteiger partial charge is 0.416 e. The Morgan fingerprint density at radius 3 is 2.33 bits per heavy atom. The Labute approximate surface area is 425 Å². The maximum Gasteiger partial charge on any atom is 0.416 e. The zero-order chi connectivity index (χ0) is 51.8. The minimum atomic E-state index is -4.55. The van der Waals surface area contributed by atoms with E-state index in [2.05, 4.69) is 62.0 Å². The molecule has 3 saturated carbocycles. The van der Waals surface area contributed by atoms with Gasteiger partial charge in [0, 0.05) is 81.4 Å². The SMILES string of the molecule is CC(C)N(C)[C@@H]1CC[C@H](N2CC[C@H](Nc3ncnc4ccc(C(F)(F)F)cc34)C2=O)[C@H](NC(=O)[C@H]2CC[C@@H](NC(=O)CCCO[C@H]3CC[C@H](OCCNC(=O)[C@H]4CC(=O)N(C)[C@@H]4c4cccnc4)CC3)CC2)C1. The highest BCUT2D eigenvalue weighted by atomic mass is 19.4. The molecule has 2 aliphatic heterocycles. The quantitative estimate of drug-likeness (QED) is 0.103. The Kier molecular flexibility index (Phi) is 17.9. The average molecular weight is 1020 g/mol. The number of carbonyl (C=O) groups is 5. The van der Waals surface area contributed by atoms with Crippen molar-refractivity contribution in [3.05, 3.63) is 60.2 Å². The summed E-state index contributed by atoms with van der Waals surface area (Å²) in [5, 5.41) is 12.8. The van der Waals surface area contributed by atoms with Crippen LogP contribution in [0.3, 0.4) is 0 Å². The number of nitrogens with zero attached hydrogens (tertiary/aromatic N) is 6. The first kappa shape index (κ1) is 53.8. The lowest BCUT2D eigenvalue weighted by Crippen LogP contribution is -2.59. The Bertz CT molecular complexity index is 2380. The molecule has 0 bridgehead atoms. The van der Waals surface area contributed by atoms with Crippen molar-refractivity contribution in [3.8, 4) is 0 Å². The van der Waals surface area contributed by atoms with E-state index in [9.17, 15) is 37.1 Å². The van der Waals surface area contributed by atoms with Crippen LogP contribution in [0.5, 0.6) is 0 Å². The number of likely N-dealkylation sites (tertiary alicyclic amines) is 2. The number of alkyl halides is 3. The van der Waals surface area contributed by atoms with E-state index < -0.39 is 23.7 Å². The van der Waals surface area contributed by atoms with E-state index in [4.69, 9.17) is 9.47 Å². The summed E-state index contributed by atoms with van der Waals surface area (Å²) >= 11 is 0. The van der Waals surface area contributed by atoms with Crippen LogP contribution in [0, 0.1) is 11.8 Å². The second kappa shape index (κ2) is 24.3. The lowest BCUT2D eigenvalue weighted by Gasteiger charge is -2.45. The van der Waals surface area contributed by atoms with Gasteiger partial charge in [0.05, 0.1) is 53.9 Å². The number of hydrogen-bond donors (Lipinski definition) is 4. The van der Waals surface area contributed by atoms with Crippen LogP contribution in [-0.2, 0) is 39.6 Å². The predicted octanol–water partition coefficient (Wildman–Crippen LogP) is 5.94. The van der Waals surface area contributed by atoms with Gasteiger partial charge in [0.15, 0.2) is 0 Å². The first-order chi connectivity index (χ1) is 35.0.